The van der Waals surface area contributed by atoms with Crippen LogP contribution >= 0.6 is 0 Å². The maximum atomic E-state index is 5.39. The van der Waals surface area contributed by atoms with Crippen LogP contribution in [0.1, 0.15) is 40.0 Å². The SMILES string of the molecule is COC(C)(C)CC(C)C1CC1. The fraction of sp³-hybridized carbons (Fsp3) is 1.00. The summed E-state index contributed by atoms with van der Waals surface area (Å²) in [6, 6.07) is 0. The average molecular weight is 156 g/mol. The Labute approximate surface area is 70.1 Å². The van der Waals surface area contributed by atoms with Crippen LogP contribution in [0.3, 0.4) is 0 Å². The maximum absolute atomic E-state index is 5.39. The van der Waals surface area contributed by atoms with Crippen LogP contribution in [0.25, 0.3) is 0 Å². The topological polar surface area (TPSA) is 9.23 Å². The third-order valence-corrected chi connectivity index (χ3v) is 2.79. The molecule has 1 rings (SSSR count). The average Bonchev–Trinajstić information content (AvgIpc) is 2.67. The van der Waals surface area contributed by atoms with E-state index >= 15 is 0 Å². The lowest BCUT2D eigenvalue weighted by Gasteiger charge is -2.26. The molecule has 0 heterocycles. The Bertz CT molecular complexity index is 125. The van der Waals surface area contributed by atoms with Gasteiger partial charge in [-0.3, -0.25) is 0 Å². The van der Waals surface area contributed by atoms with Gasteiger partial charge in [0.05, 0.1) is 5.60 Å². The molecule has 11 heavy (non-hydrogen) atoms. The molecule has 1 nitrogen and oxygen atoms in total. The molecule has 1 aliphatic carbocycles. The predicted octanol–water partition coefficient (Wildman–Crippen LogP) is 2.85. The zero-order valence-electron chi connectivity index (χ0n) is 8.18. The Balaban J connectivity index is 2.27. The van der Waals surface area contributed by atoms with E-state index in [2.05, 4.69) is 20.8 Å². The summed E-state index contributed by atoms with van der Waals surface area (Å²) in [6.07, 6.45) is 4.09. The van der Waals surface area contributed by atoms with Crippen molar-refractivity contribution < 1.29 is 4.74 Å². The summed E-state index contributed by atoms with van der Waals surface area (Å²) < 4.78 is 5.39. The Hall–Kier alpha value is -0.0400. The van der Waals surface area contributed by atoms with Gasteiger partial charge in [-0.25, -0.2) is 0 Å². The summed E-state index contributed by atoms with van der Waals surface area (Å²) in [7, 11) is 1.81. The Kier molecular flexibility index (Phi) is 2.58. The predicted molar refractivity (Wildman–Crippen MR) is 47.6 cm³/mol. The van der Waals surface area contributed by atoms with Crippen LogP contribution in [-0.4, -0.2) is 12.7 Å². The van der Waals surface area contributed by atoms with Crippen LogP contribution in [0.5, 0.6) is 0 Å². The van der Waals surface area contributed by atoms with E-state index in [0.29, 0.717) is 0 Å². The summed E-state index contributed by atoms with van der Waals surface area (Å²) in [5.74, 6) is 1.86. The van der Waals surface area contributed by atoms with Crippen LogP contribution in [0, 0.1) is 11.8 Å². The van der Waals surface area contributed by atoms with Gasteiger partial charge in [0.2, 0.25) is 0 Å². The third kappa shape index (κ3) is 2.82. The molecule has 0 amide bonds. The van der Waals surface area contributed by atoms with Gasteiger partial charge >= 0.3 is 0 Å². The lowest BCUT2D eigenvalue weighted by atomic mass is 9.91. The molecule has 0 N–H and O–H groups in total. The molecule has 1 aliphatic rings. The monoisotopic (exact) mass is 156 g/mol. The molecule has 0 aromatic heterocycles. The number of hydrogen-bond acceptors (Lipinski definition) is 1. The molecule has 1 saturated carbocycles. The first-order chi connectivity index (χ1) is 5.05. The molecular formula is C10H20O. The van der Waals surface area contributed by atoms with E-state index in [9.17, 15) is 0 Å². The van der Waals surface area contributed by atoms with Crippen molar-refractivity contribution in [2.75, 3.05) is 7.11 Å². The minimum Gasteiger partial charge on any atom is -0.379 e. The molecule has 0 spiro atoms. The van der Waals surface area contributed by atoms with Crippen molar-refractivity contribution >= 4 is 0 Å². The molecule has 66 valence electrons. The molecule has 1 fully saturated rings. The first kappa shape index (κ1) is 9.05. The molecule has 0 aromatic rings. The number of methoxy groups -OCH3 is 1. The van der Waals surface area contributed by atoms with E-state index < -0.39 is 0 Å². The van der Waals surface area contributed by atoms with Crippen LogP contribution in [0.2, 0.25) is 0 Å². The lowest BCUT2D eigenvalue weighted by Crippen LogP contribution is -2.25. The van der Waals surface area contributed by atoms with Gasteiger partial charge in [0.25, 0.3) is 0 Å². The summed E-state index contributed by atoms with van der Waals surface area (Å²) >= 11 is 0. The Morgan fingerprint density at radius 2 is 2.00 bits per heavy atom. The van der Waals surface area contributed by atoms with Crippen molar-refractivity contribution in [2.45, 2.75) is 45.6 Å². The van der Waals surface area contributed by atoms with Gasteiger partial charge in [0.1, 0.15) is 0 Å². The first-order valence-corrected chi connectivity index (χ1v) is 4.60. The number of hydrogen-bond donors (Lipinski definition) is 0. The molecule has 0 aromatic carbocycles. The highest BCUT2D eigenvalue weighted by atomic mass is 16.5. The highest BCUT2D eigenvalue weighted by molar-refractivity contribution is 4.83. The second kappa shape index (κ2) is 3.14. The highest BCUT2D eigenvalue weighted by Crippen LogP contribution is 2.40. The van der Waals surface area contributed by atoms with Crippen LogP contribution in [0.4, 0.5) is 0 Å². The summed E-state index contributed by atoms with van der Waals surface area (Å²) in [4.78, 5) is 0. The summed E-state index contributed by atoms with van der Waals surface area (Å²) in [6.45, 7) is 6.69. The maximum Gasteiger partial charge on any atom is 0.0625 e. The standard InChI is InChI=1S/C10H20O/c1-8(9-5-6-9)7-10(2,3)11-4/h8-9H,5-7H2,1-4H3. The Morgan fingerprint density at radius 3 is 2.36 bits per heavy atom. The van der Waals surface area contributed by atoms with Crippen molar-refractivity contribution in [2.24, 2.45) is 11.8 Å². The van der Waals surface area contributed by atoms with E-state index in [1.165, 1.54) is 19.3 Å². The fourth-order valence-electron chi connectivity index (χ4n) is 1.69. The minimum atomic E-state index is 0.0853. The molecule has 0 bridgehead atoms. The molecule has 0 saturated heterocycles. The first-order valence-electron chi connectivity index (χ1n) is 4.60. The van der Waals surface area contributed by atoms with E-state index in [1.807, 2.05) is 0 Å². The fourth-order valence-corrected chi connectivity index (χ4v) is 1.69. The second-order valence-electron chi connectivity index (χ2n) is 4.48. The molecule has 1 unspecified atom stereocenters. The third-order valence-electron chi connectivity index (χ3n) is 2.79. The number of ether oxygens (including phenoxy) is 1. The van der Waals surface area contributed by atoms with Crippen LogP contribution < -0.4 is 0 Å². The van der Waals surface area contributed by atoms with Gasteiger partial charge < -0.3 is 4.74 Å². The smallest absolute Gasteiger partial charge is 0.0625 e. The van der Waals surface area contributed by atoms with E-state index in [-0.39, 0.29) is 5.60 Å². The van der Waals surface area contributed by atoms with E-state index in [4.69, 9.17) is 4.74 Å². The van der Waals surface area contributed by atoms with Gasteiger partial charge in [-0.2, -0.15) is 0 Å². The minimum absolute atomic E-state index is 0.0853. The highest BCUT2D eigenvalue weighted by Gasteiger charge is 2.31. The second-order valence-corrected chi connectivity index (χ2v) is 4.48. The van der Waals surface area contributed by atoms with Crippen molar-refractivity contribution in [3.8, 4) is 0 Å². The van der Waals surface area contributed by atoms with Crippen LogP contribution in [-0.2, 0) is 4.74 Å². The van der Waals surface area contributed by atoms with Gasteiger partial charge in [-0.15, -0.1) is 0 Å². The summed E-state index contributed by atoms with van der Waals surface area (Å²) in [5, 5.41) is 0. The Morgan fingerprint density at radius 1 is 1.45 bits per heavy atom. The lowest BCUT2D eigenvalue weighted by molar-refractivity contribution is 0.00154. The van der Waals surface area contributed by atoms with Gasteiger partial charge in [-0.1, -0.05) is 6.92 Å². The van der Waals surface area contributed by atoms with Crippen molar-refractivity contribution in [1.82, 2.24) is 0 Å². The molecular weight excluding hydrogens is 136 g/mol. The van der Waals surface area contributed by atoms with Gasteiger partial charge in [0, 0.05) is 7.11 Å². The van der Waals surface area contributed by atoms with Gasteiger partial charge in [0.15, 0.2) is 0 Å². The zero-order chi connectivity index (χ0) is 8.48. The van der Waals surface area contributed by atoms with Crippen molar-refractivity contribution in [3.63, 3.8) is 0 Å². The van der Waals surface area contributed by atoms with Gasteiger partial charge in [-0.05, 0) is 44.9 Å². The van der Waals surface area contributed by atoms with E-state index in [1.54, 1.807) is 7.11 Å². The van der Waals surface area contributed by atoms with Crippen molar-refractivity contribution in [3.05, 3.63) is 0 Å². The molecule has 0 aliphatic heterocycles. The van der Waals surface area contributed by atoms with Crippen molar-refractivity contribution in [1.29, 1.82) is 0 Å². The molecule has 1 heteroatoms. The normalized spacial score (nSPS) is 21.8. The molecule has 0 radical (unpaired) electrons. The summed E-state index contributed by atoms with van der Waals surface area (Å²) in [5.41, 5.74) is 0.0853. The largest absolute Gasteiger partial charge is 0.379 e. The quantitative estimate of drug-likeness (QED) is 0.608. The van der Waals surface area contributed by atoms with Crippen LogP contribution in [0.15, 0.2) is 0 Å². The molecule has 1 atom stereocenters. The number of rotatable bonds is 4. The zero-order valence-corrected chi connectivity index (χ0v) is 8.18. The van der Waals surface area contributed by atoms with E-state index in [0.717, 1.165) is 11.8 Å².